The summed E-state index contributed by atoms with van der Waals surface area (Å²) < 4.78 is 0. The zero-order chi connectivity index (χ0) is 14.3. The lowest BCUT2D eigenvalue weighted by Gasteiger charge is -2.07. The molecule has 3 rings (SSSR count). The zero-order valence-corrected chi connectivity index (χ0v) is 12.6. The van der Waals surface area contributed by atoms with E-state index in [9.17, 15) is 0 Å². The number of nitrogens with zero attached hydrogens (tertiary/aromatic N) is 3. The lowest BCUT2D eigenvalue weighted by Crippen LogP contribution is -1.94. The molecule has 0 bridgehead atoms. The Balaban J connectivity index is 2.33. The molecule has 0 amide bonds. The molecule has 0 unspecified atom stereocenters. The van der Waals surface area contributed by atoms with Gasteiger partial charge in [0.05, 0.1) is 21.3 Å². The molecule has 1 aromatic carbocycles. The summed E-state index contributed by atoms with van der Waals surface area (Å²) in [6.07, 6.45) is 1.60. The van der Waals surface area contributed by atoms with Gasteiger partial charge < -0.3 is 0 Å². The summed E-state index contributed by atoms with van der Waals surface area (Å²) in [6.45, 7) is 1.88. The van der Waals surface area contributed by atoms with Gasteiger partial charge >= 0.3 is 0 Å². The van der Waals surface area contributed by atoms with Crippen molar-refractivity contribution in [1.29, 1.82) is 0 Å². The number of hydrogen-bond acceptors (Lipinski definition) is 3. The van der Waals surface area contributed by atoms with E-state index in [0.717, 1.165) is 16.6 Å². The van der Waals surface area contributed by atoms with Crippen molar-refractivity contribution in [3.63, 3.8) is 0 Å². The van der Waals surface area contributed by atoms with Crippen LogP contribution in [-0.4, -0.2) is 15.2 Å². The molecule has 2 heterocycles. The highest BCUT2D eigenvalue weighted by atomic mass is 35.5. The maximum Gasteiger partial charge on any atom is 0.119 e. The first-order chi connectivity index (χ1) is 9.56. The van der Waals surface area contributed by atoms with E-state index in [4.69, 9.17) is 34.8 Å². The van der Waals surface area contributed by atoms with Crippen molar-refractivity contribution >= 4 is 45.7 Å². The van der Waals surface area contributed by atoms with Gasteiger partial charge in [0.1, 0.15) is 11.2 Å². The summed E-state index contributed by atoms with van der Waals surface area (Å²) in [7, 11) is 0. The molecule has 0 aliphatic heterocycles. The topological polar surface area (TPSA) is 38.7 Å². The minimum Gasteiger partial charge on any atom is -0.251 e. The SMILES string of the molecule is Cc1cc(Cl)c2cnnc(-c3ccc(Cl)c(Cl)c3)c2n1. The Bertz CT molecular complexity index is 818. The van der Waals surface area contributed by atoms with Gasteiger partial charge in [-0.05, 0) is 25.1 Å². The molecule has 0 fully saturated rings. The van der Waals surface area contributed by atoms with Gasteiger partial charge in [0.2, 0.25) is 0 Å². The Morgan fingerprint density at radius 2 is 1.75 bits per heavy atom. The zero-order valence-electron chi connectivity index (χ0n) is 10.4. The largest absolute Gasteiger partial charge is 0.251 e. The number of hydrogen-bond donors (Lipinski definition) is 0. The molecule has 0 spiro atoms. The van der Waals surface area contributed by atoms with Crippen LogP contribution in [0.15, 0.2) is 30.5 Å². The van der Waals surface area contributed by atoms with Gasteiger partial charge in [-0.1, -0.05) is 40.9 Å². The van der Waals surface area contributed by atoms with Crippen LogP contribution in [0.25, 0.3) is 22.2 Å². The van der Waals surface area contributed by atoms with Crippen LogP contribution in [0.5, 0.6) is 0 Å². The molecule has 100 valence electrons. The Labute approximate surface area is 130 Å². The lowest BCUT2D eigenvalue weighted by molar-refractivity contribution is 1.05. The fraction of sp³-hybridized carbons (Fsp3) is 0.0714. The van der Waals surface area contributed by atoms with Crippen molar-refractivity contribution in [2.45, 2.75) is 6.92 Å². The van der Waals surface area contributed by atoms with Crippen molar-refractivity contribution in [2.75, 3.05) is 0 Å². The van der Waals surface area contributed by atoms with E-state index in [1.54, 1.807) is 24.4 Å². The summed E-state index contributed by atoms with van der Waals surface area (Å²) in [5, 5.41) is 10.4. The van der Waals surface area contributed by atoms with E-state index in [2.05, 4.69) is 15.2 Å². The van der Waals surface area contributed by atoms with Crippen LogP contribution in [0.4, 0.5) is 0 Å². The third-order valence-corrected chi connectivity index (χ3v) is 3.95. The molecule has 0 radical (unpaired) electrons. The first kappa shape index (κ1) is 13.6. The molecule has 6 heteroatoms. The van der Waals surface area contributed by atoms with Crippen LogP contribution in [0, 0.1) is 6.92 Å². The Morgan fingerprint density at radius 1 is 0.950 bits per heavy atom. The second-order valence-corrected chi connectivity index (χ2v) is 5.55. The van der Waals surface area contributed by atoms with Crippen molar-refractivity contribution in [2.24, 2.45) is 0 Å². The molecule has 0 N–H and O–H groups in total. The van der Waals surface area contributed by atoms with E-state index < -0.39 is 0 Å². The van der Waals surface area contributed by atoms with Crippen LogP contribution in [0.3, 0.4) is 0 Å². The van der Waals surface area contributed by atoms with Crippen molar-refractivity contribution in [3.8, 4) is 11.3 Å². The second kappa shape index (κ2) is 5.17. The quantitative estimate of drug-likeness (QED) is 0.635. The lowest BCUT2D eigenvalue weighted by atomic mass is 10.1. The monoisotopic (exact) mass is 323 g/mol. The highest BCUT2D eigenvalue weighted by Crippen LogP contribution is 2.32. The van der Waals surface area contributed by atoms with Gasteiger partial charge in [-0.15, -0.1) is 5.10 Å². The molecule has 0 atom stereocenters. The fourth-order valence-corrected chi connectivity index (χ4v) is 2.57. The predicted octanol–water partition coefficient (Wildman–Crippen LogP) is 4.96. The van der Waals surface area contributed by atoms with Crippen LogP contribution < -0.4 is 0 Å². The smallest absolute Gasteiger partial charge is 0.119 e. The maximum atomic E-state index is 6.22. The van der Waals surface area contributed by atoms with Crippen molar-refractivity contribution in [1.82, 2.24) is 15.2 Å². The molecule has 20 heavy (non-hydrogen) atoms. The molecular weight excluding hydrogens is 317 g/mol. The minimum atomic E-state index is 0.460. The molecule has 0 saturated carbocycles. The summed E-state index contributed by atoms with van der Waals surface area (Å²) in [5.74, 6) is 0. The maximum absolute atomic E-state index is 6.22. The molecule has 0 aliphatic rings. The summed E-state index contributed by atoms with van der Waals surface area (Å²) in [5.41, 5.74) is 2.94. The number of rotatable bonds is 1. The van der Waals surface area contributed by atoms with Crippen LogP contribution in [-0.2, 0) is 0 Å². The average molecular weight is 325 g/mol. The number of halogens is 3. The van der Waals surface area contributed by atoms with E-state index in [0.29, 0.717) is 26.3 Å². The average Bonchev–Trinajstić information content (AvgIpc) is 2.41. The predicted molar refractivity (Wildman–Crippen MR) is 82.5 cm³/mol. The van der Waals surface area contributed by atoms with Gasteiger partial charge in [-0.2, -0.15) is 5.10 Å². The molecular formula is C14H8Cl3N3. The Hall–Kier alpha value is -1.42. The van der Waals surface area contributed by atoms with Gasteiger partial charge in [-0.25, -0.2) is 0 Å². The molecule has 0 saturated heterocycles. The highest BCUT2D eigenvalue weighted by Gasteiger charge is 2.12. The van der Waals surface area contributed by atoms with Crippen LogP contribution in [0.2, 0.25) is 15.1 Å². The first-order valence-electron chi connectivity index (χ1n) is 5.80. The van der Waals surface area contributed by atoms with Gasteiger partial charge in [0, 0.05) is 16.6 Å². The van der Waals surface area contributed by atoms with Gasteiger partial charge in [0.15, 0.2) is 0 Å². The fourth-order valence-electron chi connectivity index (χ4n) is 1.98. The van der Waals surface area contributed by atoms with E-state index in [-0.39, 0.29) is 0 Å². The van der Waals surface area contributed by atoms with Gasteiger partial charge in [-0.3, -0.25) is 4.98 Å². The number of benzene rings is 1. The minimum absolute atomic E-state index is 0.460. The summed E-state index contributed by atoms with van der Waals surface area (Å²) >= 11 is 18.2. The number of pyridine rings is 1. The third-order valence-electron chi connectivity index (χ3n) is 2.90. The van der Waals surface area contributed by atoms with E-state index in [1.807, 2.05) is 13.0 Å². The number of fused-ring (bicyclic) bond motifs is 1. The summed E-state index contributed by atoms with van der Waals surface area (Å²) in [4.78, 5) is 4.50. The van der Waals surface area contributed by atoms with Gasteiger partial charge in [0.25, 0.3) is 0 Å². The Morgan fingerprint density at radius 3 is 2.50 bits per heavy atom. The van der Waals surface area contributed by atoms with Crippen LogP contribution >= 0.6 is 34.8 Å². The van der Waals surface area contributed by atoms with Crippen LogP contribution in [0.1, 0.15) is 5.69 Å². The summed E-state index contributed by atoms with van der Waals surface area (Å²) in [6, 6.07) is 7.09. The van der Waals surface area contributed by atoms with E-state index >= 15 is 0 Å². The standard InChI is InChI=1S/C14H8Cl3N3/c1-7-4-11(16)9-6-18-20-13(14(9)19-7)8-2-3-10(15)12(17)5-8/h2-6H,1H3. The molecule has 3 nitrogen and oxygen atoms in total. The number of aromatic nitrogens is 3. The highest BCUT2D eigenvalue weighted by molar-refractivity contribution is 6.42. The Kier molecular flexibility index (Phi) is 3.50. The normalized spacial score (nSPS) is 11.0. The third kappa shape index (κ3) is 2.33. The second-order valence-electron chi connectivity index (χ2n) is 4.33. The molecule has 0 aliphatic carbocycles. The molecule has 2 aromatic heterocycles. The molecule has 3 aromatic rings. The van der Waals surface area contributed by atoms with Crippen molar-refractivity contribution in [3.05, 3.63) is 51.2 Å². The van der Waals surface area contributed by atoms with E-state index in [1.165, 1.54) is 0 Å². The first-order valence-corrected chi connectivity index (χ1v) is 6.93. The van der Waals surface area contributed by atoms with Crippen molar-refractivity contribution < 1.29 is 0 Å². The number of aryl methyl sites for hydroxylation is 1.